The Morgan fingerprint density at radius 1 is 1.08 bits per heavy atom. The van der Waals surface area contributed by atoms with Crippen LogP contribution in [0.2, 0.25) is 10.0 Å². The predicted octanol–water partition coefficient (Wildman–Crippen LogP) is 5.63. The SMILES string of the molecule is N#Cc1cnc2c(Cl)cc(NCc3cn(CC(O)c4ccncc4)nn3)cc2c1Nc1ccc(F)c(Cl)c1. The van der Waals surface area contributed by atoms with E-state index in [1.165, 1.54) is 24.4 Å². The molecule has 1 unspecified atom stereocenters. The molecule has 0 aliphatic carbocycles. The Labute approximate surface area is 226 Å². The lowest BCUT2D eigenvalue weighted by molar-refractivity contribution is 0.150. The van der Waals surface area contributed by atoms with Crippen LogP contribution in [0.25, 0.3) is 10.9 Å². The molecule has 0 fully saturated rings. The van der Waals surface area contributed by atoms with Gasteiger partial charge in [0.15, 0.2) is 0 Å². The van der Waals surface area contributed by atoms with Crippen LogP contribution in [0.3, 0.4) is 0 Å². The standard InChI is InChI=1S/C26H19Cl2FN8O/c27-21-8-17(1-2-23(21)29)34-25-16(10-30)11-33-26-20(25)7-18(9-22(26)28)32-12-19-13-37(36-35-19)14-24(38)15-3-5-31-6-4-15/h1-9,11,13,24,32,38H,12,14H2,(H,33,34). The molecule has 5 rings (SSSR count). The average Bonchev–Trinajstić information content (AvgIpc) is 3.37. The summed E-state index contributed by atoms with van der Waals surface area (Å²) in [5.74, 6) is -0.546. The van der Waals surface area contributed by atoms with Gasteiger partial charge in [-0.1, -0.05) is 28.4 Å². The molecule has 12 heteroatoms. The molecule has 0 saturated carbocycles. The van der Waals surface area contributed by atoms with Gasteiger partial charge in [0.2, 0.25) is 0 Å². The number of nitriles is 1. The van der Waals surface area contributed by atoms with Crippen LogP contribution in [0.4, 0.5) is 21.5 Å². The third kappa shape index (κ3) is 5.50. The second kappa shape index (κ2) is 11.0. The maximum atomic E-state index is 13.6. The summed E-state index contributed by atoms with van der Waals surface area (Å²) in [7, 11) is 0. The highest BCUT2D eigenvalue weighted by atomic mass is 35.5. The molecule has 3 N–H and O–H groups in total. The van der Waals surface area contributed by atoms with Crippen molar-refractivity contribution >= 4 is 51.2 Å². The van der Waals surface area contributed by atoms with E-state index in [9.17, 15) is 14.8 Å². The Morgan fingerprint density at radius 3 is 2.63 bits per heavy atom. The van der Waals surface area contributed by atoms with E-state index in [0.29, 0.717) is 45.2 Å². The molecule has 190 valence electrons. The van der Waals surface area contributed by atoms with Crippen LogP contribution in [0.5, 0.6) is 0 Å². The molecule has 0 saturated heterocycles. The smallest absolute Gasteiger partial charge is 0.141 e. The summed E-state index contributed by atoms with van der Waals surface area (Å²) in [6.45, 7) is 0.568. The van der Waals surface area contributed by atoms with Gasteiger partial charge in [-0.15, -0.1) is 5.10 Å². The number of fused-ring (bicyclic) bond motifs is 1. The number of pyridine rings is 2. The molecule has 3 heterocycles. The van der Waals surface area contributed by atoms with Crippen molar-refractivity contribution in [2.45, 2.75) is 19.2 Å². The molecule has 2 aromatic carbocycles. The van der Waals surface area contributed by atoms with E-state index in [4.69, 9.17) is 23.2 Å². The van der Waals surface area contributed by atoms with Crippen LogP contribution >= 0.6 is 23.2 Å². The first-order valence-corrected chi connectivity index (χ1v) is 12.1. The molecule has 5 aromatic rings. The lowest BCUT2D eigenvalue weighted by Crippen LogP contribution is -2.09. The fourth-order valence-corrected chi connectivity index (χ4v) is 4.32. The molecule has 0 aliphatic heterocycles. The fourth-order valence-electron chi connectivity index (χ4n) is 3.87. The molecule has 3 aromatic heterocycles. The average molecular weight is 549 g/mol. The topological polar surface area (TPSA) is 125 Å². The number of nitrogens with one attached hydrogen (secondary N) is 2. The molecule has 0 spiro atoms. The molecule has 1 atom stereocenters. The van der Waals surface area contributed by atoms with Gasteiger partial charge >= 0.3 is 0 Å². The zero-order valence-electron chi connectivity index (χ0n) is 19.6. The number of aromatic nitrogens is 5. The second-order valence-corrected chi connectivity index (χ2v) is 9.16. The van der Waals surface area contributed by atoms with Crippen molar-refractivity contribution in [3.05, 3.63) is 99.9 Å². The highest BCUT2D eigenvalue weighted by Gasteiger charge is 2.15. The molecule has 0 bridgehead atoms. The number of nitrogens with zero attached hydrogens (tertiary/aromatic N) is 6. The van der Waals surface area contributed by atoms with Crippen molar-refractivity contribution in [2.24, 2.45) is 0 Å². The minimum absolute atomic E-state index is 0.0476. The van der Waals surface area contributed by atoms with E-state index in [0.717, 1.165) is 5.56 Å². The van der Waals surface area contributed by atoms with E-state index < -0.39 is 11.9 Å². The van der Waals surface area contributed by atoms with Gasteiger partial charge in [0.1, 0.15) is 17.6 Å². The molecule has 9 nitrogen and oxygen atoms in total. The van der Waals surface area contributed by atoms with E-state index >= 15 is 0 Å². The van der Waals surface area contributed by atoms with Crippen LogP contribution in [-0.4, -0.2) is 30.1 Å². The first kappa shape index (κ1) is 25.4. The van der Waals surface area contributed by atoms with Crippen LogP contribution in [0.15, 0.2) is 67.3 Å². The van der Waals surface area contributed by atoms with E-state index in [1.807, 2.05) is 0 Å². The molecular weight excluding hydrogens is 530 g/mol. The molecule has 0 amide bonds. The lowest BCUT2D eigenvalue weighted by atomic mass is 10.1. The number of halogens is 3. The van der Waals surface area contributed by atoms with Crippen LogP contribution in [0.1, 0.15) is 22.9 Å². The number of aliphatic hydroxyl groups excluding tert-OH is 1. The third-order valence-electron chi connectivity index (χ3n) is 5.74. The summed E-state index contributed by atoms with van der Waals surface area (Å²) in [5.41, 5.74) is 3.77. The number of anilines is 3. The summed E-state index contributed by atoms with van der Waals surface area (Å²) in [6.07, 6.45) is 5.65. The zero-order chi connectivity index (χ0) is 26.6. The minimum Gasteiger partial charge on any atom is -0.386 e. The van der Waals surface area contributed by atoms with Gasteiger partial charge in [-0.3, -0.25) is 9.97 Å². The number of hydrogen-bond donors (Lipinski definition) is 3. The maximum absolute atomic E-state index is 13.6. The maximum Gasteiger partial charge on any atom is 0.141 e. The summed E-state index contributed by atoms with van der Waals surface area (Å²) < 4.78 is 15.2. The van der Waals surface area contributed by atoms with Crippen molar-refractivity contribution < 1.29 is 9.50 Å². The first-order valence-electron chi connectivity index (χ1n) is 11.4. The Kier molecular flexibility index (Phi) is 7.33. The van der Waals surface area contributed by atoms with Crippen molar-refractivity contribution in [3.63, 3.8) is 0 Å². The predicted molar refractivity (Wildman–Crippen MR) is 143 cm³/mol. The molecule has 0 aliphatic rings. The van der Waals surface area contributed by atoms with Crippen LogP contribution in [-0.2, 0) is 13.1 Å². The fraction of sp³-hybridized carbons (Fsp3) is 0.115. The van der Waals surface area contributed by atoms with Crippen molar-refractivity contribution in [1.82, 2.24) is 25.0 Å². The number of aliphatic hydroxyl groups is 1. The van der Waals surface area contributed by atoms with Crippen molar-refractivity contribution in [1.29, 1.82) is 5.26 Å². The quantitative estimate of drug-likeness (QED) is 0.228. The Hall–Kier alpha value is -4.30. The summed E-state index contributed by atoms with van der Waals surface area (Å²) in [5, 5.41) is 35.7. The minimum atomic E-state index is -0.747. The summed E-state index contributed by atoms with van der Waals surface area (Å²) in [6, 6.07) is 13.3. The highest BCUT2D eigenvalue weighted by molar-refractivity contribution is 6.36. The Morgan fingerprint density at radius 2 is 1.87 bits per heavy atom. The monoisotopic (exact) mass is 548 g/mol. The van der Waals surface area contributed by atoms with Gasteiger partial charge in [0, 0.05) is 35.4 Å². The molecule has 38 heavy (non-hydrogen) atoms. The zero-order valence-corrected chi connectivity index (χ0v) is 21.1. The van der Waals surface area contributed by atoms with Crippen LogP contribution < -0.4 is 10.6 Å². The number of benzene rings is 2. The summed E-state index contributed by atoms with van der Waals surface area (Å²) in [4.78, 5) is 8.29. The van der Waals surface area contributed by atoms with E-state index in [1.54, 1.807) is 47.5 Å². The number of hydrogen-bond acceptors (Lipinski definition) is 8. The normalized spacial score (nSPS) is 11.8. The third-order valence-corrected chi connectivity index (χ3v) is 6.32. The highest BCUT2D eigenvalue weighted by Crippen LogP contribution is 2.35. The van der Waals surface area contributed by atoms with Crippen LogP contribution in [0, 0.1) is 17.1 Å². The Bertz CT molecular complexity index is 1660. The van der Waals surface area contributed by atoms with Crippen molar-refractivity contribution in [2.75, 3.05) is 10.6 Å². The number of rotatable bonds is 8. The van der Waals surface area contributed by atoms with Gasteiger partial charge in [-0.25, -0.2) is 9.07 Å². The Balaban J connectivity index is 1.37. The van der Waals surface area contributed by atoms with Gasteiger partial charge in [0.25, 0.3) is 0 Å². The van der Waals surface area contributed by atoms with Gasteiger partial charge in [-0.2, -0.15) is 5.26 Å². The van der Waals surface area contributed by atoms with E-state index in [2.05, 4.69) is 37.0 Å². The largest absolute Gasteiger partial charge is 0.386 e. The van der Waals surface area contributed by atoms with Gasteiger partial charge in [0.05, 0.1) is 52.2 Å². The molecular formula is C26H19Cl2FN8O. The lowest BCUT2D eigenvalue weighted by Gasteiger charge is -2.14. The first-order chi connectivity index (χ1) is 18.4. The molecule has 0 radical (unpaired) electrons. The van der Waals surface area contributed by atoms with Gasteiger partial charge in [-0.05, 0) is 48.0 Å². The van der Waals surface area contributed by atoms with Gasteiger partial charge < -0.3 is 15.7 Å². The van der Waals surface area contributed by atoms with E-state index in [-0.39, 0.29) is 17.1 Å². The van der Waals surface area contributed by atoms with Crippen molar-refractivity contribution in [3.8, 4) is 6.07 Å². The summed E-state index contributed by atoms with van der Waals surface area (Å²) >= 11 is 12.5. The second-order valence-electron chi connectivity index (χ2n) is 8.35.